The maximum Gasteiger partial charge on any atom is 0 e. The van der Waals surface area contributed by atoms with Gasteiger partial charge in [-0.1, -0.05) is 60.9 Å². The van der Waals surface area contributed by atoms with E-state index in [0.29, 0.717) is 38.8 Å². The van der Waals surface area contributed by atoms with Gasteiger partial charge >= 0.3 is 99.8 Å². The second-order valence-corrected chi connectivity index (χ2v) is 22.0. The van der Waals surface area contributed by atoms with Crippen LogP contribution in [0, 0.1) is 25.8 Å². The Morgan fingerprint density at radius 2 is 1.50 bits per heavy atom. The molecule has 0 amide bonds. The summed E-state index contributed by atoms with van der Waals surface area (Å²) in [7, 11) is 0. The van der Waals surface area contributed by atoms with Gasteiger partial charge in [-0.15, -0.1) is 29.3 Å². The van der Waals surface area contributed by atoms with E-state index in [-0.39, 0.29) is 31.2 Å². The first-order valence-corrected chi connectivity index (χ1v) is 21.4. The van der Waals surface area contributed by atoms with E-state index in [9.17, 15) is 0 Å². The monoisotopic (exact) mass is 819 g/mol. The van der Waals surface area contributed by atoms with Gasteiger partial charge in [-0.25, -0.2) is 0 Å². The molecule has 221 valence electrons. The Morgan fingerprint density at radius 3 is 2.20 bits per heavy atom. The van der Waals surface area contributed by atoms with Gasteiger partial charge in [0.05, 0.1) is 0 Å². The molecule has 0 fully saturated rings. The van der Waals surface area contributed by atoms with Crippen LogP contribution in [0.5, 0.6) is 0 Å². The first kappa shape index (κ1) is 24.5. The molecule has 44 heavy (non-hydrogen) atoms. The molecule has 3 heterocycles. The summed E-state index contributed by atoms with van der Waals surface area (Å²) >= 11 is -1.72. The third-order valence-corrected chi connectivity index (χ3v) is 11.6. The summed E-state index contributed by atoms with van der Waals surface area (Å²) < 4.78 is 54.5. The number of fused-ring (bicyclic) bond motifs is 3. The number of rotatable bonds is 4. The normalized spacial score (nSPS) is 13.7. The molecule has 0 aliphatic rings. The second kappa shape index (κ2) is 13.4. The van der Waals surface area contributed by atoms with Crippen LogP contribution in [0.2, 0.25) is 17.3 Å². The number of hydrogen-bond acceptors (Lipinski definition) is 3. The first-order chi connectivity index (χ1) is 23.2. The predicted molar refractivity (Wildman–Crippen MR) is 182 cm³/mol. The van der Waals surface area contributed by atoms with Crippen LogP contribution in [0.1, 0.15) is 19.4 Å². The molecule has 0 aliphatic carbocycles. The molecule has 1 radical (unpaired) electrons. The van der Waals surface area contributed by atoms with Crippen molar-refractivity contribution in [3.05, 3.63) is 139 Å². The SMILES string of the molecule is [2H]C([2H])([2H])c1c[c-]c(-c2cc3oc4c(C([2H])([2H])[2H])cccc4c3cn2)cc1-c1ccccc1.[CH3][Ge]([CH3])([CH3])[c]1ccc(-c2[c-]cccc2)nc1.[Ir]. The molecule has 7 aromatic rings. The minimum absolute atomic E-state index is 0. The number of hydrogen-bond donors (Lipinski definition) is 0. The molecule has 0 unspecified atom stereocenters. The van der Waals surface area contributed by atoms with E-state index in [1.165, 1.54) is 10.5 Å². The average Bonchev–Trinajstić information content (AvgIpc) is 3.46. The molecule has 0 N–H and O–H groups in total. The maximum absolute atomic E-state index is 7.92. The third kappa shape index (κ3) is 6.78. The van der Waals surface area contributed by atoms with E-state index in [1.54, 1.807) is 30.5 Å². The summed E-state index contributed by atoms with van der Waals surface area (Å²) in [6, 6.07) is 37.9. The van der Waals surface area contributed by atoms with Crippen molar-refractivity contribution in [2.24, 2.45) is 0 Å². The molecule has 3 nitrogen and oxygen atoms in total. The van der Waals surface area contributed by atoms with E-state index in [1.807, 2.05) is 66.9 Å². The molecule has 7 rings (SSSR count). The zero-order valence-electron chi connectivity index (χ0n) is 30.6. The predicted octanol–water partition coefficient (Wildman–Crippen LogP) is 9.82. The van der Waals surface area contributed by atoms with E-state index in [2.05, 4.69) is 51.5 Å². The van der Waals surface area contributed by atoms with Crippen molar-refractivity contribution in [3.8, 4) is 33.6 Å². The van der Waals surface area contributed by atoms with Crippen molar-refractivity contribution >= 4 is 39.6 Å². The van der Waals surface area contributed by atoms with Crippen LogP contribution in [-0.4, -0.2) is 23.2 Å². The third-order valence-electron chi connectivity index (χ3n) is 7.31. The molecule has 0 saturated carbocycles. The van der Waals surface area contributed by atoms with Crippen molar-refractivity contribution in [1.82, 2.24) is 9.97 Å². The summed E-state index contributed by atoms with van der Waals surface area (Å²) in [5.74, 6) is 7.14. The summed E-state index contributed by atoms with van der Waals surface area (Å²) in [5.41, 5.74) is 5.78. The van der Waals surface area contributed by atoms with Crippen LogP contribution in [0.4, 0.5) is 0 Å². The Morgan fingerprint density at radius 1 is 0.705 bits per heavy atom. The van der Waals surface area contributed by atoms with Gasteiger partial charge in [0.15, 0.2) is 0 Å². The fraction of sp³-hybridized carbons (Fsp3) is 0.128. The Bertz CT molecular complexity index is 2230. The fourth-order valence-electron chi connectivity index (χ4n) is 4.89. The molecule has 0 spiro atoms. The Kier molecular flexibility index (Phi) is 7.48. The number of benzene rings is 4. The number of para-hydroxylation sites is 1. The van der Waals surface area contributed by atoms with Crippen LogP contribution >= 0.6 is 0 Å². The van der Waals surface area contributed by atoms with Crippen LogP contribution in [0.15, 0.2) is 120 Å². The van der Waals surface area contributed by atoms with Crippen molar-refractivity contribution < 1.29 is 32.7 Å². The smallest absolute Gasteiger partial charge is 0 e. The molecule has 0 aliphatic heterocycles. The molecule has 0 atom stereocenters. The minimum atomic E-state index is -2.30. The number of aryl methyl sites for hydroxylation is 2. The minimum Gasteiger partial charge on any atom is 0 e. The van der Waals surface area contributed by atoms with Crippen molar-refractivity contribution in [2.45, 2.75) is 31.0 Å². The number of nitrogens with zero attached hydrogens (tertiary/aromatic N) is 2. The molecular formula is C39H34GeIrN2O-2. The van der Waals surface area contributed by atoms with E-state index >= 15 is 0 Å². The van der Waals surface area contributed by atoms with E-state index in [4.69, 9.17) is 12.6 Å². The molecule has 3 aromatic heterocycles. The number of furan rings is 1. The zero-order chi connectivity index (χ0) is 35.0. The van der Waals surface area contributed by atoms with Crippen LogP contribution in [-0.2, 0) is 20.1 Å². The summed E-state index contributed by atoms with van der Waals surface area (Å²) in [6.45, 7) is -4.59. The van der Waals surface area contributed by atoms with Gasteiger partial charge in [0.1, 0.15) is 11.2 Å². The van der Waals surface area contributed by atoms with Gasteiger partial charge in [-0.3, -0.25) is 0 Å². The van der Waals surface area contributed by atoms with Crippen LogP contribution in [0.3, 0.4) is 0 Å². The van der Waals surface area contributed by atoms with Gasteiger partial charge in [0.25, 0.3) is 0 Å². The largest absolute Gasteiger partial charge is 0 e. The molecule has 0 saturated heterocycles. The second-order valence-electron chi connectivity index (χ2n) is 11.3. The van der Waals surface area contributed by atoms with Gasteiger partial charge in [0.2, 0.25) is 0 Å². The Hall–Kier alpha value is -3.83. The summed E-state index contributed by atoms with van der Waals surface area (Å²) in [5, 5.41) is 1.40. The standard InChI is InChI=1S/C25H18NO.C14H16GeN.Ir/c1-16-11-12-19(13-21(16)18-8-4-3-5-9-18)23-14-24-22(15-26-23)20-10-6-7-17(2)25(20)27-24;1-15(2,3)13-9-10-14(16-11-13)12-7-5-4-6-8-12;/h3-11,13-15H,1-2H3;4-7,9-11H,1-3H3;/q2*-1;/i1D3,2D3;;. The fourth-order valence-corrected chi connectivity index (χ4v) is 7.06. The number of pyridine rings is 2. The van der Waals surface area contributed by atoms with Crippen molar-refractivity contribution in [3.63, 3.8) is 0 Å². The van der Waals surface area contributed by atoms with Crippen LogP contribution < -0.4 is 4.40 Å². The van der Waals surface area contributed by atoms with Gasteiger partial charge in [-0.05, 0) is 29.7 Å². The zero-order valence-corrected chi connectivity index (χ0v) is 29.1. The topological polar surface area (TPSA) is 38.9 Å². The molecular weight excluding hydrogens is 777 g/mol. The quantitative estimate of drug-likeness (QED) is 0.131. The average molecular weight is 818 g/mol. The molecule has 4 aromatic carbocycles. The van der Waals surface area contributed by atoms with Crippen molar-refractivity contribution in [2.75, 3.05) is 0 Å². The molecule has 0 bridgehead atoms. The molecule has 5 heteroatoms. The summed E-state index contributed by atoms with van der Waals surface area (Å²) in [6.07, 6.45) is 3.68. The maximum atomic E-state index is 7.92. The number of aromatic nitrogens is 2. The van der Waals surface area contributed by atoms with Gasteiger partial charge in [0, 0.05) is 45.3 Å². The summed E-state index contributed by atoms with van der Waals surface area (Å²) in [4.78, 5) is 9.08. The first-order valence-electron chi connectivity index (χ1n) is 17.1. The van der Waals surface area contributed by atoms with Gasteiger partial charge < -0.3 is 9.40 Å². The Balaban J connectivity index is 0.000000241. The Labute approximate surface area is 284 Å². The van der Waals surface area contributed by atoms with Gasteiger partial charge in [-0.2, -0.15) is 0 Å². The van der Waals surface area contributed by atoms with E-state index in [0.717, 1.165) is 16.8 Å². The van der Waals surface area contributed by atoms with Crippen LogP contribution in [0.25, 0.3) is 55.6 Å². The van der Waals surface area contributed by atoms with Crippen molar-refractivity contribution in [1.29, 1.82) is 0 Å². The van der Waals surface area contributed by atoms with E-state index < -0.39 is 27.0 Å².